The first kappa shape index (κ1) is 55.2. The summed E-state index contributed by atoms with van der Waals surface area (Å²) in [6.07, 6.45) is 9.42. The maximum absolute atomic E-state index is 11.7. The Labute approximate surface area is 497 Å². The van der Waals surface area contributed by atoms with E-state index in [1.165, 1.54) is 25.0 Å². The van der Waals surface area contributed by atoms with Gasteiger partial charge in [0.15, 0.2) is 16.9 Å². The number of piperidine rings is 1. The van der Waals surface area contributed by atoms with Crippen molar-refractivity contribution in [3.8, 4) is 51.4 Å². The van der Waals surface area contributed by atoms with Gasteiger partial charge in [-0.05, 0) is 81.0 Å². The first-order valence-electron chi connectivity index (χ1n) is 27.5. The predicted octanol–water partition coefficient (Wildman–Crippen LogP) is 9.94. The van der Waals surface area contributed by atoms with Gasteiger partial charge in [0.05, 0.1) is 90.1 Å². The lowest BCUT2D eigenvalue weighted by molar-refractivity contribution is -0.130. The van der Waals surface area contributed by atoms with Crippen LogP contribution in [0.3, 0.4) is 0 Å². The summed E-state index contributed by atoms with van der Waals surface area (Å²) in [4.78, 5) is 49.2. The molecule has 25 nitrogen and oxygen atoms in total. The van der Waals surface area contributed by atoms with E-state index in [2.05, 4.69) is 44.9 Å². The topological polar surface area (TPSA) is 345 Å². The molecule has 9 aromatic heterocycles. The van der Waals surface area contributed by atoms with Crippen molar-refractivity contribution in [3.63, 3.8) is 0 Å². The van der Waals surface area contributed by atoms with Crippen molar-refractivity contribution in [2.75, 3.05) is 63.8 Å². The number of anilines is 3. The van der Waals surface area contributed by atoms with Gasteiger partial charge < -0.3 is 61.5 Å². The van der Waals surface area contributed by atoms with E-state index in [9.17, 15) is 15.0 Å². The largest absolute Gasteiger partial charge is 0.508 e. The number of benzene rings is 3. The van der Waals surface area contributed by atoms with Crippen molar-refractivity contribution in [3.05, 3.63) is 88.6 Å². The molecule has 3 aliphatic rings. The molecule has 0 saturated carbocycles. The SMILES string of the molecule is CC(=O)N1CCC(n2nc(-c3cc4c(Cl)ccc(O)c4[nH]3)c3c(N)ncnc32)CC1.COc1cc(Cl)c2[nH]c(-c3nn(C4CCOCC4)c4ncnc(N)c34)cc2c1.Nc1ncnc2c1c(-c1cc3cc(O)cc(Cl)c3[nH]1)nn2C1CCOCC1. The van der Waals surface area contributed by atoms with E-state index in [-0.39, 0.29) is 35.5 Å². The monoisotopic (exact) mass is 1210 g/mol. The van der Waals surface area contributed by atoms with Gasteiger partial charge in [-0.3, -0.25) is 4.79 Å². The number of phenolic OH excluding ortho intramolecular Hbond substituents is 2. The van der Waals surface area contributed by atoms with Gasteiger partial charge in [0.2, 0.25) is 5.91 Å². The summed E-state index contributed by atoms with van der Waals surface area (Å²) in [5.74, 6) is 2.10. The van der Waals surface area contributed by atoms with Crippen molar-refractivity contribution < 1.29 is 29.2 Å². The number of ether oxygens (including phenoxy) is 3. The number of hydrogen-bond acceptors (Lipinski definition) is 18. The summed E-state index contributed by atoms with van der Waals surface area (Å²) in [6, 6.07) is 16.3. The van der Waals surface area contributed by atoms with Crippen LogP contribution in [-0.2, 0) is 14.3 Å². The summed E-state index contributed by atoms with van der Waals surface area (Å²) >= 11 is 19.0. The zero-order chi connectivity index (χ0) is 58.8. The quantitative estimate of drug-likeness (QED) is 0.0735. The van der Waals surface area contributed by atoms with Gasteiger partial charge >= 0.3 is 0 Å². The van der Waals surface area contributed by atoms with Gasteiger partial charge in [-0.1, -0.05) is 34.8 Å². The van der Waals surface area contributed by atoms with Crippen LogP contribution >= 0.6 is 34.8 Å². The number of rotatable bonds is 7. The second-order valence-corrected chi connectivity index (χ2v) is 22.3. The highest BCUT2D eigenvalue weighted by molar-refractivity contribution is 6.36. The van der Waals surface area contributed by atoms with E-state index in [1.54, 1.807) is 38.3 Å². The molecule has 436 valence electrons. The molecule has 11 N–H and O–H groups in total. The maximum atomic E-state index is 11.7. The van der Waals surface area contributed by atoms with Crippen LogP contribution in [0.5, 0.6) is 17.2 Å². The number of aromatic hydroxyl groups is 2. The van der Waals surface area contributed by atoms with E-state index in [4.69, 9.17) is 81.5 Å². The normalized spacial score (nSPS) is 15.5. The zero-order valence-corrected chi connectivity index (χ0v) is 48.1. The first-order valence-corrected chi connectivity index (χ1v) is 28.6. The maximum Gasteiger partial charge on any atom is 0.219 e. The van der Waals surface area contributed by atoms with Crippen molar-refractivity contribution in [1.82, 2.24) is 79.1 Å². The molecule has 3 aliphatic heterocycles. The number of nitrogens with one attached hydrogen (secondary N) is 3. The van der Waals surface area contributed by atoms with Crippen LogP contribution in [0.15, 0.2) is 73.6 Å². The van der Waals surface area contributed by atoms with Crippen LogP contribution < -0.4 is 21.9 Å². The van der Waals surface area contributed by atoms with Gasteiger partial charge in [-0.15, -0.1) is 0 Å². The number of methoxy groups -OCH3 is 1. The molecule has 0 atom stereocenters. The highest BCUT2D eigenvalue weighted by atomic mass is 35.5. The molecule has 85 heavy (non-hydrogen) atoms. The molecule has 1 amide bonds. The Hall–Kier alpha value is -9.01. The molecule has 0 radical (unpaired) electrons. The Bertz CT molecular complexity index is 4490. The molecule has 0 aliphatic carbocycles. The van der Waals surface area contributed by atoms with Gasteiger partial charge in [-0.2, -0.15) is 15.3 Å². The fourth-order valence-corrected chi connectivity index (χ4v) is 12.4. The van der Waals surface area contributed by atoms with E-state index >= 15 is 0 Å². The lowest BCUT2D eigenvalue weighted by Gasteiger charge is -2.31. The highest BCUT2D eigenvalue weighted by Crippen LogP contribution is 2.42. The van der Waals surface area contributed by atoms with Crippen LogP contribution in [0.2, 0.25) is 15.1 Å². The smallest absolute Gasteiger partial charge is 0.219 e. The van der Waals surface area contributed by atoms with E-state index < -0.39 is 0 Å². The number of carbonyl (C=O) groups excluding carboxylic acids is 1. The molecule has 0 spiro atoms. The third-order valence-corrected chi connectivity index (χ3v) is 16.8. The lowest BCUT2D eigenvalue weighted by atomic mass is 10.1. The minimum absolute atomic E-state index is 0.0841. The second-order valence-electron chi connectivity index (χ2n) is 21.0. The molecule has 12 heterocycles. The lowest BCUT2D eigenvalue weighted by Crippen LogP contribution is -2.37. The number of nitrogens with zero attached hydrogens (tertiary/aromatic N) is 13. The summed E-state index contributed by atoms with van der Waals surface area (Å²) in [7, 11) is 1.62. The molecule has 3 fully saturated rings. The number of hydrogen-bond donors (Lipinski definition) is 8. The Kier molecular flexibility index (Phi) is 14.6. The number of amides is 1. The summed E-state index contributed by atoms with van der Waals surface area (Å²) in [5, 5.41) is 40.6. The van der Waals surface area contributed by atoms with Crippen LogP contribution in [0, 0.1) is 0 Å². The van der Waals surface area contributed by atoms with Crippen LogP contribution in [0.1, 0.15) is 63.6 Å². The number of carbonyl (C=O) groups is 1. The fourth-order valence-electron chi connectivity index (χ4n) is 11.6. The summed E-state index contributed by atoms with van der Waals surface area (Å²) in [6.45, 7) is 5.76. The number of halogens is 3. The Morgan fingerprint density at radius 2 is 1.00 bits per heavy atom. The molecule has 15 rings (SSSR count). The molecule has 3 saturated heterocycles. The zero-order valence-electron chi connectivity index (χ0n) is 45.9. The Balaban J connectivity index is 0.000000119. The molecular weight excluding hydrogens is 1150 g/mol. The number of aromatic amines is 3. The number of aromatic nitrogens is 15. The minimum Gasteiger partial charge on any atom is -0.508 e. The number of fused-ring (bicyclic) bond motifs is 6. The van der Waals surface area contributed by atoms with E-state index in [0.29, 0.717) is 134 Å². The van der Waals surface area contributed by atoms with E-state index in [1.807, 2.05) is 43.2 Å². The van der Waals surface area contributed by atoms with Crippen molar-refractivity contribution in [2.24, 2.45) is 0 Å². The Morgan fingerprint density at radius 1 is 0.565 bits per heavy atom. The van der Waals surface area contributed by atoms with Crippen molar-refractivity contribution in [2.45, 2.75) is 63.6 Å². The van der Waals surface area contributed by atoms with Gasteiger partial charge in [0.1, 0.15) is 70.8 Å². The standard InChI is InChI=1S/C20H20ClN7O2.C19H19ClN6O2.C18H17ClN6O2/c1-10(29)27-6-4-11(5-7-27)28-20-16(19(22)23-9-24-20)18(26-28)14-8-12-13(21)2-3-15(30)17(12)25-14;1-27-12-6-10-7-14(24-16(10)13(20)8-12)17-15-18(21)22-9-23-19(15)26(25-17)11-2-4-28-5-3-11;19-12-7-11(26)5-9-6-13(23-15(9)12)16-14-17(20)21-8-22-18(14)25(24-16)10-1-3-27-4-2-10/h2-3,8-9,11,25,30H,4-7H2,1H3,(H2,22,23,24);6-9,11,24H,2-5H2,1H3,(H2,21,22,23);5-8,10,23,26H,1-4H2,(H2,20,21,22). The number of nitrogen functional groups attached to an aromatic ring is 3. The molecule has 12 aromatic rings. The highest BCUT2D eigenvalue weighted by Gasteiger charge is 2.30. The predicted molar refractivity (Wildman–Crippen MR) is 325 cm³/mol. The van der Waals surface area contributed by atoms with Crippen LogP contribution in [0.25, 0.3) is 100.0 Å². The minimum atomic E-state index is 0.0841. The van der Waals surface area contributed by atoms with E-state index in [0.717, 1.165) is 82.8 Å². The van der Waals surface area contributed by atoms with Gasteiger partial charge in [-0.25, -0.2) is 43.9 Å². The van der Waals surface area contributed by atoms with Gasteiger partial charge in [0, 0.05) is 74.7 Å². The van der Waals surface area contributed by atoms with Crippen LogP contribution in [-0.4, -0.2) is 142 Å². The molecule has 28 heteroatoms. The number of likely N-dealkylation sites (tertiary alicyclic amines) is 1. The summed E-state index contributed by atoms with van der Waals surface area (Å²) in [5.41, 5.74) is 27.0. The average Bonchev–Trinajstić information content (AvgIpc) is 2.97. The van der Waals surface area contributed by atoms with Crippen molar-refractivity contribution in [1.29, 1.82) is 0 Å². The molecular formula is C57H56Cl3N19O6. The number of nitrogens with two attached hydrogens (primary N) is 3. The summed E-state index contributed by atoms with van der Waals surface area (Å²) < 4.78 is 22.0. The third-order valence-electron chi connectivity index (χ3n) is 15.9. The molecule has 0 unspecified atom stereocenters. The van der Waals surface area contributed by atoms with Crippen molar-refractivity contribution >= 4 is 124 Å². The average molecular weight is 1210 g/mol. The van der Waals surface area contributed by atoms with Crippen LogP contribution in [0.4, 0.5) is 17.5 Å². The van der Waals surface area contributed by atoms with Gasteiger partial charge in [0.25, 0.3) is 0 Å². The third kappa shape index (κ3) is 10.2. The Morgan fingerprint density at radius 3 is 1.46 bits per heavy atom. The number of H-pyrrole nitrogens is 3. The molecule has 0 bridgehead atoms. The molecule has 3 aromatic carbocycles. The first-order chi connectivity index (χ1) is 41.2. The fraction of sp³-hybridized carbons (Fsp3) is 0.298. The number of phenols is 2. The second kappa shape index (κ2) is 22.5.